The van der Waals surface area contributed by atoms with Crippen molar-refractivity contribution in [3.8, 4) is 0 Å². The van der Waals surface area contributed by atoms with Crippen LogP contribution in [0.15, 0.2) is 71.9 Å². The Morgan fingerprint density at radius 3 is 2.37 bits per heavy atom. The lowest BCUT2D eigenvalue weighted by atomic mass is 9.80. The number of hydrogen-bond acceptors (Lipinski definition) is 11. The Labute approximate surface area is 312 Å². The van der Waals surface area contributed by atoms with E-state index in [9.17, 15) is 5.11 Å². The van der Waals surface area contributed by atoms with Crippen LogP contribution in [0.2, 0.25) is 0 Å². The van der Waals surface area contributed by atoms with Gasteiger partial charge in [0.1, 0.15) is 23.3 Å². The van der Waals surface area contributed by atoms with E-state index in [0.29, 0.717) is 13.1 Å². The summed E-state index contributed by atoms with van der Waals surface area (Å²) in [6, 6.07) is 12.3. The summed E-state index contributed by atoms with van der Waals surface area (Å²) in [6.45, 7) is 14.5. The number of hydrogen-bond donors (Lipinski definition) is 4. The third-order valence-corrected chi connectivity index (χ3v) is 10.7. The average Bonchev–Trinajstić information content (AvgIpc) is 3.86. The number of anilines is 4. The second kappa shape index (κ2) is 14.3. The zero-order chi connectivity index (χ0) is 36.6. The molecule has 0 radical (unpaired) electrons. The van der Waals surface area contributed by atoms with Crippen LogP contribution in [0.5, 0.6) is 0 Å². The van der Waals surface area contributed by atoms with Crippen LogP contribution in [0.3, 0.4) is 0 Å². The van der Waals surface area contributed by atoms with E-state index in [1.165, 1.54) is 0 Å². The maximum atomic E-state index is 10.9. The molecule has 0 aromatic carbocycles. The highest BCUT2D eigenvalue weighted by Gasteiger charge is 2.37. The number of fused-ring (bicyclic) bond motifs is 2. The molecule has 1 aliphatic heterocycles. The molecule has 272 valence electrons. The first-order valence-electron chi connectivity index (χ1n) is 17.8. The van der Waals surface area contributed by atoms with Crippen molar-refractivity contribution in [2.75, 3.05) is 27.4 Å². The molecule has 1 fully saturated rings. The predicted molar refractivity (Wildman–Crippen MR) is 209 cm³/mol. The van der Waals surface area contributed by atoms with E-state index in [-0.39, 0.29) is 17.5 Å². The lowest BCUT2D eigenvalue weighted by Crippen LogP contribution is -2.46. The van der Waals surface area contributed by atoms with Crippen molar-refractivity contribution in [2.24, 2.45) is 5.41 Å². The minimum absolute atomic E-state index is 0.00533. The van der Waals surface area contributed by atoms with E-state index in [1.807, 2.05) is 72.7 Å². The fraction of sp³-hybridized carbons (Fsp3) is 0.421. The first-order chi connectivity index (χ1) is 24.9. The van der Waals surface area contributed by atoms with Crippen molar-refractivity contribution >= 4 is 50.5 Å². The zero-order valence-electron chi connectivity index (χ0n) is 30.6. The lowest BCUT2D eigenvalue weighted by Gasteiger charge is -2.34. The molecule has 0 amide bonds. The van der Waals surface area contributed by atoms with Gasteiger partial charge in [-0.2, -0.15) is 19.2 Å². The lowest BCUT2D eigenvalue weighted by molar-refractivity contribution is 0.0533. The minimum atomic E-state index is -0.835. The molecule has 14 heteroatoms. The van der Waals surface area contributed by atoms with Crippen LogP contribution in [0.1, 0.15) is 69.8 Å². The molecule has 1 saturated heterocycles. The molecule has 4 N–H and O–H groups in total. The summed E-state index contributed by atoms with van der Waals surface area (Å²) in [7, 11) is 0. The number of aromatic nitrogens is 8. The van der Waals surface area contributed by atoms with E-state index in [1.54, 1.807) is 12.4 Å². The van der Waals surface area contributed by atoms with Crippen LogP contribution in [-0.4, -0.2) is 68.5 Å². The van der Waals surface area contributed by atoms with E-state index < -0.39 is 5.60 Å². The SMILES string of the molecule is Cc1cnn2c(NCc3cccnc3)cc(N[C@H](C)C(C)(C)Cc3ccc(CNc4cc(N5CCC[C@H]5C(C)(C)O)nc5c(Br)cnn45)cn3)nc12. The molecule has 0 spiro atoms. The largest absolute Gasteiger partial charge is 0.388 e. The third-order valence-electron chi connectivity index (χ3n) is 10.2. The maximum Gasteiger partial charge on any atom is 0.173 e. The van der Waals surface area contributed by atoms with Crippen molar-refractivity contribution in [1.82, 2.24) is 39.2 Å². The van der Waals surface area contributed by atoms with Crippen LogP contribution in [-0.2, 0) is 19.5 Å². The summed E-state index contributed by atoms with van der Waals surface area (Å²) < 4.78 is 4.47. The van der Waals surface area contributed by atoms with Gasteiger partial charge in [-0.25, -0.2) is 9.97 Å². The van der Waals surface area contributed by atoms with Gasteiger partial charge in [0.25, 0.3) is 0 Å². The van der Waals surface area contributed by atoms with Crippen LogP contribution in [0.4, 0.5) is 23.3 Å². The molecule has 0 aliphatic carbocycles. The Bertz CT molecular complexity index is 2160. The van der Waals surface area contributed by atoms with Crippen LogP contribution < -0.4 is 20.9 Å². The summed E-state index contributed by atoms with van der Waals surface area (Å²) in [5.74, 6) is 3.30. The molecule has 7 heterocycles. The molecule has 6 aromatic rings. The van der Waals surface area contributed by atoms with Gasteiger partial charge in [0.05, 0.1) is 28.5 Å². The molecular formula is C38H47BrN12O. The number of aliphatic hydroxyl groups is 1. The van der Waals surface area contributed by atoms with Gasteiger partial charge in [0.15, 0.2) is 11.3 Å². The summed E-state index contributed by atoms with van der Waals surface area (Å²) in [5, 5.41) is 30.7. The summed E-state index contributed by atoms with van der Waals surface area (Å²) in [6.07, 6.45) is 11.9. The Morgan fingerprint density at radius 2 is 1.65 bits per heavy atom. The second-order valence-corrected chi connectivity index (χ2v) is 15.9. The number of rotatable bonds is 13. The van der Waals surface area contributed by atoms with Crippen LogP contribution in [0, 0.1) is 12.3 Å². The summed E-state index contributed by atoms with van der Waals surface area (Å²) >= 11 is 3.62. The van der Waals surface area contributed by atoms with Gasteiger partial charge in [-0.1, -0.05) is 26.0 Å². The first-order valence-corrected chi connectivity index (χ1v) is 18.6. The van der Waals surface area contributed by atoms with E-state index in [2.05, 4.69) is 84.9 Å². The quantitative estimate of drug-likeness (QED) is 0.100. The van der Waals surface area contributed by atoms with Gasteiger partial charge in [0, 0.05) is 67.7 Å². The van der Waals surface area contributed by atoms with Gasteiger partial charge in [-0.3, -0.25) is 9.97 Å². The van der Waals surface area contributed by atoms with Crippen molar-refractivity contribution < 1.29 is 5.11 Å². The molecule has 7 rings (SSSR count). The Kier molecular flexibility index (Phi) is 9.79. The van der Waals surface area contributed by atoms with Crippen molar-refractivity contribution in [3.05, 3.63) is 94.2 Å². The van der Waals surface area contributed by atoms with Gasteiger partial charge in [-0.05, 0) is 91.6 Å². The standard InChI is InChI=1S/C38H47BrN12O/c1-24-18-44-50-32(42-21-26-9-7-13-40-19-26)15-31(47-35(24)50)46-25(2)37(3,4)17-28-12-11-27(20-41-28)22-43-33-16-34(48-36-29(39)23-45-51(33)36)49-14-8-10-30(49)38(5,6)52/h7,9,11-13,15-16,18-20,23,25,30,42-43,52H,8,10,14,17,21-22H2,1-6H3,(H,46,47)/t25-,30+/m1/s1. The molecule has 0 unspecified atom stereocenters. The van der Waals surface area contributed by atoms with Crippen LogP contribution in [0.25, 0.3) is 11.3 Å². The molecule has 52 heavy (non-hydrogen) atoms. The zero-order valence-corrected chi connectivity index (χ0v) is 32.2. The molecule has 2 atom stereocenters. The first kappa shape index (κ1) is 35.6. The Morgan fingerprint density at radius 1 is 0.923 bits per heavy atom. The predicted octanol–water partition coefficient (Wildman–Crippen LogP) is 6.67. The number of nitrogens with one attached hydrogen (secondary N) is 3. The molecule has 13 nitrogen and oxygen atoms in total. The topological polar surface area (TPSA) is 146 Å². The molecule has 1 aliphatic rings. The van der Waals surface area contributed by atoms with E-state index in [0.717, 1.165) is 87.2 Å². The van der Waals surface area contributed by atoms with Gasteiger partial charge < -0.3 is 26.0 Å². The fourth-order valence-electron chi connectivity index (χ4n) is 6.83. The second-order valence-electron chi connectivity index (χ2n) is 15.1. The smallest absolute Gasteiger partial charge is 0.173 e. The normalized spacial score (nSPS) is 15.8. The monoisotopic (exact) mass is 766 g/mol. The third kappa shape index (κ3) is 7.54. The summed E-state index contributed by atoms with van der Waals surface area (Å²) in [4.78, 5) is 21.2. The fourth-order valence-corrected chi connectivity index (χ4v) is 7.18. The number of aryl methyl sites for hydroxylation is 1. The molecule has 6 aromatic heterocycles. The van der Waals surface area contributed by atoms with Crippen molar-refractivity contribution in [3.63, 3.8) is 0 Å². The van der Waals surface area contributed by atoms with Crippen molar-refractivity contribution in [2.45, 2.75) is 91.6 Å². The number of halogens is 1. The average molecular weight is 768 g/mol. The maximum absolute atomic E-state index is 10.9. The number of nitrogens with zero attached hydrogens (tertiary/aromatic N) is 9. The minimum Gasteiger partial charge on any atom is -0.388 e. The van der Waals surface area contributed by atoms with Gasteiger partial charge in [-0.15, -0.1) is 0 Å². The van der Waals surface area contributed by atoms with Gasteiger partial charge >= 0.3 is 0 Å². The van der Waals surface area contributed by atoms with E-state index in [4.69, 9.17) is 15.0 Å². The van der Waals surface area contributed by atoms with Gasteiger partial charge in [0.2, 0.25) is 0 Å². The highest BCUT2D eigenvalue weighted by molar-refractivity contribution is 9.10. The molecule has 0 saturated carbocycles. The molecule has 0 bridgehead atoms. The van der Waals surface area contributed by atoms with Crippen molar-refractivity contribution in [1.29, 1.82) is 0 Å². The van der Waals surface area contributed by atoms with E-state index >= 15 is 0 Å². The van der Waals surface area contributed by atoms with Crippen LogP contribution >= 0.6 is 15.9 Å². The Hall–Kier alpha value is -4.82. The Balaban J connectivity index is 1.02. The number of pyridine rings is 2. The highest BCUT2D eigenvalue weighted by atomic mass is 79.9. The summed E-state index contributed by atoms with van der Waals surface area (Å²) in [5.41, 5.74) is 4.74. The molecular weight excluding hydrogens is 720 g/mol. The highest BCUT2D eigenvalue weighted by Crippen LogP contribution is 2.34.